The molecule has 0 aliphatic rings. The van der Waals surface area contributed by atoms with Crippen LogP contribution in [0.5, 0.6) is 0 Å². The van der Waals surface area contributed by atoms with Crippen molar-refractivity contribution < 1.29 is 22.4 Å². The summed E-state index contributed by atoms with van der Waals surface area (Å²) in [6.45, 7) is 1.23. The molecule has 0 aliphatic heterocycles. The number of para-hydroxylation sites is 1. The van der Waals surface area contributed by atoms with Crippen molar-refractivity contribution >= 4 is 50.7 Å². The van der Waals surface area contributed by atoms with Crippen LogP contribution in [0.15, 0.2) is 72.8 Å². The van der Waals surface area contributed by atoms with Gasteiger partial charge in [0.1, 0.15) is 18.4 Å². The monoisotopic (exact) mass is 579 g/mol. The third-order valence-electron chi connectivity index (χ3n) is 5.78. The molecule has 11 heteroatoms. The van der Waals surface area contributed by atoms with Gasteiger partial charge in [0, 0.05) is 29.6 Å². The molecule has 3 aromatic rings. The molecule has 1 atom stereocenters. The lowest BCUT2D eigenvalue weighted by molar-refractivity contribution is -0.140. The number of carbonyl (C=O) groups is 2. The van der Waals surface area contributed by atoms with Crippen LogP contribution >= 0.6 is 23.2 Å². The van der Waals surface area contributed by atoms with Crippen LogP contribution in [-0.4, -0.2) is 50.5 Å². The second kappa shape index (κ2) is 13.1. The van der Waals surface area contributed by atoms with Crippen molar-refractivity contribution in [2.75, 3.05) is 23.7 Å². The summed E-state index contributed by atoms with van der Waals surface area (Å²) in [4.78, 5) is 28.4. The van der Waals surface area contributed by atoms with Gasteiger partial charge in [-0.15, -0.1) is 0 Å². The van der Waals surface area contributed by atoms with Gasteiger partial charge in [0.15, 0.2) is 0 Å². The second-order valence-electron chi connectivity index (χ2n) is 8.58. The molecule has 7 nitrogen and oxygen atoms in total. The van der Waals surface area contributed by atoms with Gasteiger partial charge in [-0.05, 0) is 42.3 Å². The third-order valence-corrected chi connectivity index (χ3v) is 7.49. The van der Waals surface area contributed by atoms with E-state index in [9.17, 15) is 22.4 Å². The van der Waals surface area contributed by atoms with Crippen LogP contribution < -0.4 is 9.62 Å². The Bertz CT molecular complexity index is 1390. The molecule has 0 fully saturated rings. The molecule has 202 valence electrons. The summed E-state index contributed by atoms with van der Waals surface area (Å²) < 4.78 is 40.6. The lowest BCUT2D eigenvalue weighted by Crippen LogP contribution is -2.53. The lowest BCUT2D eigenvalue weighted by atomic mass is 10.0. The number of anilines is 1. The average Bonchev–Trinajstić information content (AvgIpc) is 2.86. The van der Waals surface area contributed by atoms with Gasteiger partial charge in [-0.25, -0.2) is 12.8 Å². The smallest absolute Gasteiger partial charge is 0.244 e. The first-order valence-electron chi connectivity index (χ1n) is 11.8. The van der Waals surface area contributed by atoms with Gasteiger partial charge in [0.2, 0.25) is 21.8 Å². The summed E-state index contributed by atoms with van der Waals surface area (Å²) in [6.07, 6.45) is 1.04. The highest BCUT2D eigenvalue weighted by molar-refractivity contribution is 7.92. The Hall–Kier alpha value is -3.14. The van der Waals surface area contributed by atoms with E-state index in [1.165, 1.54) is 29.2 Å². The number of benzene rings is 3. The number of likely N-dealkylation sites (N-methyl/N-ethyl adjacent to an activating group) is 1. The molecule has 0 bridgehead atoms. The van der Waals surface area contributed by atoms with Crippen LogP contribution in [0.4, 0.5) is 10.1 Å². The highest BCUT2D eigenvalue weighted by Gasteiger charge is 2.33. The van der Waals surface area contributed by atoms with Crippen molar-refractivity contribution in [2.45, 2.75) is 25.9 Å². The van der Waals surface area contributed by atoms with Crippen LogP contribution in [0.2, 0.25) is 10.0 Å². The summed E-state index contributed by atoms with van der Waals surface area (Å²) in [6, 6.07) is 18.1. The Morgan fingerprint density at radius 3 is 2.26 bits per heavy atom. The minimum Gasteiger partial charge on any atom is -0.355 e. The molecule has 0 saturated carbocycles. The van der Waals surface area contributed by atoms with E-state index in [0.29, 0.717) is 21.4 Å². The van der Waals surface area contributed by atoms with Gasteiger partial charge in [-0.2, -0.15) is 0 Å². The summed E-state index contributed by atoms with van der Waals surface area (Å²) >= 11 is 12.4. The maximum absolute atomic E-state index is 14.6. The standard InChI is InChI=1S/C27H28Cl2FN3O4S/c1-3-31-27(35)25(15-19-9-5-4-6-10-19)32(17-20-13-14-21(28)16-22(20)29)26(34)18-33(38(2,36)37)24-12-8-7-11-23(24)30/h4-14,16,25H,3,15,17-18H2,1-2H3,(H,31,35)/t25-/m0/s1. The molecule has 0 heterocycles. The molecule has 0 aromatic heterocycles. The molecule has 3 aromatic carbocycles. The van der Waals surface area contributed by atoms with Crippen molar-refractivity contribution in [2.24, 2.45) is 0 Å². The minimum absolute atomic E-state index is 0.113. The highest BCUT2D eigenvalue weighted by atomic mass is 35.5. The molecule has 0 saturated heterocycles. The SMILES string of the molecule is CCNC(=O)[C@H](Cc1ccccc1)N(Cc1ccc(Cl)cc1Cl)C(=O)CN(c1ccccc1F)S(C)(=O)=O. The molecule has 1 N–H and O–H groups in total. The van der Waals surface area contributed by atoms with Crippen LogP contribution in [0.1, 0.15) is 18.1 Å². The van der Waals surface area contributed by atoms with E-state index in [1.807, 2.05) is 30.3 Å². The lowest BCUT2D eigenvalue weighted by Gasteiger charge is -2.33. The van der Waals surface area contributed by atoms with Crippen LogP contribution in [-0.2, 0) is 32.6 Å². The normalized spacial score (nSPS) is 12.0. The third kappa shape index (κ3) is 7.69. The molecule has 38 heavy (non-hydrogen) atoms. The van der Waals surface area contributed by atoms with Gasteiger partial charge in [-0.1, -0.05) is 71.7 Å². The minimum atomic E-state index is -4.07. The molecule has 0 aliphatic carbocycles. The molecule has 0 spiro atoms. The molecule has 2 amide bonds. The first-order valence-corrected chi connectivity index (χ1v) is 14.4. The summed E-state index contributed by atoms with van der Waals surface area (Å²) in [5.74, 6) is -1.94. The Balaban J connectivity index is 2.08. The number of hydrogen-bond acceptors (Lipinski definition) is 4. The van der Waals surface area contributed by atoms with E-state index in [1.54, 1.807) is 19.1 Å². The second-order valence-corrected chi connectivity index (χ2v) is 11.3. The molecule has 0 radical (unpaired) electrons. The van der Waals surface area contributed by atoms with Gasteiger partial charge < -0.3 is 10.2 Å². The van der Waals surface area contributed by atoms with E-state index < -0.39 is 40.2 Å². The molecule has 0 unspecified atom stereocenters. The molecular weight excluding hydrogens is 552 g/mol. The fraction of sp³-hybridized carbons (Fsp3) is 0.259. The summed E-state index contributed by atoms with van der Waals surface area (Å²) in [5, 5.41) is 3.43. The Kier molecular flexibility index (Phi) is 10.1. The van der Waals surface area contributed by atoms with Gasteiger partial charge in [0.25, 0.3) is 0 Å². The largest absolute Gasteiger partial charge is 0.355 e. The summed E-state index contributed by atoms with van der Waals surface area (Å²) in [7, 11) is -4.07. The van der Waals surface area contributed by atoms with Crippen molar-refractivity contribution in [1.29, 1.82) is 0 Å². The fourth-order valence-corrected chi connectivity index (χ4v) is 5.25. The van der Waals surface area contributed by atoms with Crippen LogP contribution in [0, 0.1) is 5.82 Å². The van der Waals surface area contributed by atoms with Gasteiger partial charge in [-0.3, -0.25) is 13.9 Å². The van der Waals surface area contributed by atoms with Crippen molar-refractivity contribution in [3.05, 3.63) is 99.8 Å². The van der Waals surface area contributed by atoms with Crippen LogP contribution in [0.25, 0.3) is 0 Å². The maximum Gasteiger partial charge on any atom is 0.244 e. The van der Waals surface area contributed by atoms with E-state index in [0.717, 1.165) is 17.9 Å². The first-order chi connectivity index (χ1) is 18.0. The van der Waals surface area contributed by atoms with E-state index in [-0.39, 0.29) is 23.7 Å². The average molecular weight is 581 g/mol. The van der Waals surface area contributed by atoms with E-state index in [4.69, 9.17) is 23.2 Å². The summed E-state index contributed by atoms with van der Waals surface area (Å²) in [5.41, 5.74) is 1.02. The zero-order chi connectivity index (χ0) is 27.9. The molecule has 3 rings (SSSR count). The number of halogens is 3. The zero-order valence-corrected chi connectivity index (χ0v) is 23.2. The predicted octanol–water partition coefficient (Wildman–Crippen LogP) is 4.67. The van der Waals surface area contributed by atoms with Crippen molar-refractivity contribution in [1.82, 2.24) is 10.2 Å². The number of carbonyl (C=O) groups excluding carboxylic acids is 2. The topological polar surface area (TPSA) is 86.8 Å². The number of hydrogen-bond donors (Lipinski definition) is 1. The number of nitrogens with one attached hydrogen (secondary N) is 1. The zero-order valence-electron chi connectivity index (χ0n) is 20.9. The molecular formula is C27H28Cl2FN3O4S. The van der Waals surface area contributed by atoms with Gasteiger partial charge in [0.05, 0.1) is 11.9 Å². The Morgan fingerprint density at radius 1 is 1.00 bits per heavy atom. The Labute approximate surface area is 232 Å². The Morgan fingerprint density at radius 2 is 1.66 bits per heavy atom. The maximum atomic E-state index is 14.6. The number of amides is 2. The highest BCUT2D eigenvalue weighted by Crippen LogP contribution is 2.26. The van der Waals surface area contributed by atoms with Crippen molar-refractivity contribution in [3.8, 4) is 0 Å². The number of rotatable bonds is 11. The van der Waals surface area contributed by atoms with Gasteiger partial charge >= 0.3 is 0 Å². The van der Waals surface area contributed by atoms with E-state index in [2.05, 4.69) is 5.32 Å². The fourth-order valence-electron chi connectivity index (χ4n) is 3.93. The predicted molar refractivity (Wildman–Crippen MR) is 148 cm³/mol. The number of sulfonamides is 1. The first kappa shape index (κ1) is 29.4. The quantitative estimate of drug-likeness (QED) is 0.357. The van der Waals surface area contributed by atoms with Crippen molar-refractivity contribution in [3.63, 3.8) is 0 Å². The number of nitrogens with zero attached hydrogens (tertiary/aromatic N) is 2. The van der Waals surface area contributed by atoms with Crippen LogP contribution in [0.3, 0.4) is 0 Å². The van der Waals surface area contributed by atoms with E-state index >= 15 is 0 Å².